The monoisotopic (exact) mass is 277 g/mol. The molecule has 3 nitrogen and oxygen atoms in total. The van der Waals surface area contributed by atoms with Crippen LogP contribution in [0.25, 0.3) is 10.9 Å². The van der Waals surface area contributed by atoms with Gasteiger partial charge in [0.15, 0.2) is 0 Å². The molecule has 2 aromatic heterocycles. The van der Waals surface area contributed by atoms with Crippen molar-refractivity contribution in [3.05, 3.63) is 71.7 Å². The molecule has 0 bridgehead atoms. The van der Waals surface area contributed by atoms with E-state index in [4.69, 9.17) is 0 Å². The Kier molecular flexibility index (Phi) is 3.93. The van der Waals surface area contributed by atoms with Gasteiger partial charge in [-0.15, -0.1) is 0 Å². The minimum atomic E-state index is 0.147. The molecule has 0 saturated heterocycles. The van der Waals surface area contributed by atoms with Crippen LogP contribution < -0.4 is 5.32 Å². The average molecular weight is 277 g/mol. The van der Waals surface area contributed by atoms with E-state index >= 15 is 0 Å². The molecular weight excluding hydrogens is 258 g/mol. The Hall–Kier alpha value is -2.26. The third-order valence-corrected chi connectivity index (χ3v) is 3.61. The second-order valence-corrected chi connectivity index (χ2v) is 5.18. The van der Waals surface area contributed by atoms with Crippen molar-refractivity contribution in [3.8, 4) is 0 Å². The van der Waals surface area contributed by atoms with Gasteiger partial charge in [0.05, 0.1) is 11.6 Å². The van der Waals surface area contributed by atoms with Gasteiger partial charge in [0.1, 0.15) is 0 Å². The summed E-state index contributed by atoms with van der Waals surface area (Å²) in [6, 6.07) is 14.8. The van der Waals surface area contributed by atoms with Gasteiger partial charge in [-0.2, -0.15) is 0 Å². The van der Waals surface area contributed by atoms with Crippen LogP contribution in [0.3, 0.4) is 0 Å². The van der Waals surface area contributed by atoms with Crippen molar-refractivity contribution >= 4 is 10.9 Å². The second kappa shape index (κ2) is 6.02. The van der Waals surface area contributed by atoms with Crippen molar-refractivity contribution in [3.63, 3.8) is 0 Å². The molecule has 1 atom stereocenters. The number of hydrogen-bond acceptors (Lipinski definition) is 3. The lowest BCUT2D eigenvalue weighted by Crippen LogP contribution is -2.22. The highest BCUT2D eigenvalue weighted by Crippen LogP contribution is 2.24. The van der Waals surface area contributed by atoms with Crippen LogP contribution in [0.1, 0.15) is 29.8 Å². The lowest BCUT2D eigenvalue weighted by atomic mass is 9.99. The highest BCUT2D eigenvalue weighted by Gasteiger charge is 2.14. The molecule has 2 heterocycles. The van der Waals surface area contributed by atoms with E-state index in [9.17, 15) is 0 Å². The Labute approximate surface area is 125 Å². The summed E-state index contributed by atoms with van der Waals surface area (Å²) in [7, 11) is 0. The van der Waals surface area contributed by atoms with Crippen LogP contribution in [0.2, 0.25) is 0 Å². The van der Waals surface area contributed by atoms with Gasteiger partial charge >= 0.3 is 0 Å². The summed E-state index contributed by atoms with van der Waals surface area (Å²) in [5, 5.41) is 4.71. The molecule has 0 saturated carbocycles. The second-order valence-electron chi connectivity index (χ2n) is 5.18. The van der Waals surface area contributed by atoms with Crippen molar-refractivity contribution in [1.82, 2.24) is 15.3 Å². The molecule has 0 radical (unpaired) electrons. The van der Waals surface area contributed by atoms with Crippen LogP contribution in [0.15, 0.2) is 54.9 Å². The lowest BCUT2D eigenvalue weighted by Gasteiger charge is -2.19. The molecule has 1 aromatic carbocycles. The predicted octanol–water partition coefficient (Wildman–Crippen LogP) is 3.64. The highest BCUT2D eigenvalue weighted by molar-refractivity contribution is 5.78. The summed E-state index contributed by atoms with van der Waals surface area (Å²) in [6.45, 7) is 5.04. The number of rotatable bonds is 4. The number of benzene rings is 1. The molecule has 21 heavy (non-hydrogen) atoms. The number of aromatic nitrogens is 2. The molecule has 106 valence electrons. The minimum Gasteiger partial charge on any atom is -0.306 e. The van der Waals surface area contributed by atoms with E-state index in [1.54, 1.807) is 0 Å². The molecule has 1 N–H and O–H groups in total. The molecule has 0 aliphatic rings. The van der Waals surface area contributed by atoms with Crippen molar-refractivity contribution in [2.75, 3.05) is 6.54 Å². The molecule has 1 unspecified atom stereocenters. The molecule has 0 aliphatic carbocycles. The van der Waals surface area contributed by atoms with Gasteiger partial charge in [-0.05, 0) is 48.9 Å². The first-order valence-electron chi connectivity index (χ1n) is 7.28. The van der Waals surface area contributed by atoms with Crippen molar-refractivity contribution in [1.29, 1.82) is 0 Å². The Morgan fingerprint density at radius 2 is 1.90 bits per heavy atom. The minimum absolute atomic E-state index is 0.147. The number of hydrogen-bond donors (Lipinski definition) is 1. The van der Waals surface area contributed by atoms with E-state index in [0.29, 0.717) is 0 Å². The van der Waals surface area contributed by atoms with E-state index < -0.39 is 0 Å². The molecule has 0 aliphatic heterocycles. The quantitative estimate of drug-likeness (QED) is 0.791. The first-order valence-corrected chi connectivity index (χ1v) is 7.28. The summed E-state index contributed by atoms with van der Waals surface area (Å²) in [4.78, 5) is 8.86. The van der Waals surface area contributed by atoms with Crippen LogP contribution in [0.5, 0.6) is 0 Å². The van der Waals surface area contributed by atoms with Crippen molar-refractivity contribution < 1.29 is 0 Å². The van der Waals surface area contributed by atoms with Gasteiger partial charge in [0, 0.05) is 23.5 Å². The molecule has 0 spiro atoms. The van der Waals surface area contributed by atoms with E-state index in [-0.39, 0.29) is 6.04 Å². The highest BCUT2D eigenvalue weighted by atomic mass is 14.9. The maximum atomic E-state index is 4.58. The van der Waals surface area contributed by atoms with E-state index in [0.717, 1.165) is 17.8 Å². The number of fused-ring (bicyclic) bond motifs is 1. The topological polar surface area (TPSA) is 37.8 Å². The van der Waals surface area contributed by atoms with Crippen LogP contribution in [0.4, 0.5) is 0 Å². The number of nitrogens with zero attached hydrogens (tertiary/aromatic N) is 2. The van der Waals surface area contributed by atoms with Gasteiger partial charge in [-0.25, -0.2) is 0 Å². The van der Waals surface area contributed by atoms with Crippen molar-refractivity contribution in [2.45, 2.75) is 19.9 Å². The summed E-state index contributed by atoms with van der Waals surface area (Å²) >= 11 is 0. The zero-order valence-electron chi connectivity index (χ0n) is 12.4. The molecular formula is C18H19N3. The molecule has 3 heteroatoms. The molecule has 3 rings (SSSR count). The maximum absolute atomic E-state index is 4.58. The zero-order chi connectivity index (χ0) is 14.7. The Morgan fingerprint density at radius 3 is 2.71 bits per heavy atom. The standard InChI is InChI=1S/C18H19N3/c1-3-19-18(15-8-9-20-13(2)10-15)16-11-14-6-4-5-7-17(14)21-12-16/h4-12,18-19H,3H2,1-2H3. The molecule has 3 aromatic rings. The lowest BCUT2D eigenvalue weighted by molar-refractivity contribution is 0.628. The first-order chi connectivity index (χ1) is 10.3. The van der Waals surface area contributed by atoms with Crippen molar-refractivity contribution in [2.24, 2.45) is 0 Å². The molecule has 0 fully saturated rings. The summed E-state index contributed by atoms with van der Waals surface area (Å²) < 4.78 is 0. The Morgan fingerprint density at radius 1 is 1.05 bits per heavy atom. The summed E-state index contributed by atoms with van der Waals surface area (Å²) in [5.74, 6) is 0. The van der Waals surface area contributed by atoms with E-state index in [1.165, 1.54) is 16.5 Å². The fourth-order valence-electron chi connectivity index (χ4n) is 2.63. The number of aryl methyl sites for hydroxylation is 1. The summed E-state index contributed by atoms with van der Waals surface area (Å²) in [6.07, 6.45) is 3.83. The van der Waals surface area contributed by atoms with Gasteiger partial charge < -0.3 is 5.32 Å². The third kappa shape index (κ3) is 2.93. The van der Waals surface area contributed by atoms with Gasteiger partial charge in [-0.3, -0.25) is 9.97 Å². The van der Waals surface area contributed by atoms with Gasteiger partial charge in [0.2, 0.25) is 0 Å². The van der Waals surface area contributed by atoms with Gasteiger partial charge in [0.25, 0.3) is 0 Å². The Balaban J connectivity index is 2.06. The predicted molar refractivity (Wildman–Crippen MR) is 86.2 cm³/mol. The van der Waals surface area contributed by atoms with E-state index in [1.807, 2.05) is 37.5 Å². The first kappa shape index (κ1) is 13.7. The SMILES string of the molecule is CCNC(c1ccnc(C)c1)c1cnc2ccccc2c1. The smallest absolute Gasteiger partial charge is 0.0702 e. The summed E-state index contributed by atoms with van der Waals surface area (Å²) in [5.41, 5.74) is 4.47. The Bertz CT molecular complexity index is 752. The van der Waals surface area contributed by atoms with Crippen LogP contribution in [-0.2, 0) is 0 Å². The number of pyridine rings is 2. The van der Waals surface area contributed by atoms with E-state index in [2.05, 4.69) is 46.5 Å². The van der Waals surface area contributed by atoms with Gasteiger partial charge in [-0.1, -0.05) is 25.1 Å². The fraction of sp³-hybridized carbons (Fsp3) is 0.222. The van der Waals surface area contributed by atoms with Crippen LogP contribution in [-0.4, -0.2) is 16.5 Å². The fourth-order valence-corrected chi connectivity index (χ4v) is 2.63. The van der Waals surface area contributed by atoms with Crippen LogP contribution in [0, 0.1) is 6.92 Å². The zero-order valence-corrected chi connectivity index (χ0v) is 12.4. The maximum Gasteiger partial charge on any atom is 0.0702 e. The number of para-hydroxylation sites is 1. The van der Waals surface area contributed by atoms with Crippen LogP contribution >= 0.6 is 0 Å². The average Bonchev–Trinajstić information content (AvgIpc) is 2.52. The largest absolute Gasteiger partial charge is 0.306 e. The normalized spacial score (nSPS) is 12.5. The number of nitrogens with one attached hydrogen (secondary N) is 1. The molecule has 0 amide bonds. The third-order valence-electron chi connectivity index (χ3n) is 3.61.